The van der Waals surface area contributed by atoms with Gasteiger partial charge in [0, 0.05) is 11.4 Å². The number of aromatic nitrogens is 3. The average molecular weight is 389 g/mol. The molecule has 2 aromatic carbocycles. The van der Waals surface area contributed by atoms with Crippen LogP contribution >= 0.6 is 0 Å². The highest BCUT2D eigenvalue weighted by Gasteiger charge is 2.33. The molecule has 7 nitrogen and oxygen atoms in total. The highest BCUT2D eigenvalue weighted by molar-refractivity contribution is 6.06. The number of carbonyl (C=O) groups is 1. The van der Waals surface area contributed by atoms with Crippen molar-refractivity contribution in [3.63, 3.8) is 0 Å². The predicted octanol–water partition coefficient (Wildman–Crippen LogP) is 3.83. The van der Waals surface area contributed by atoms with Gasteiger partial charge in [-0.25, -0.2) is 4.68 Å². The molecule has 1 aromatic heterocycles. The third kappa shape index (κ3) is 3.47. The van der Waals surface area contributed by atoms with Gasteiger partial charge in [0.2, 0.25) is 5.95 Å². The lowest BCUT2D eigenvalue weighted by Crippen LogP contribution is -2.31. The molecule has 0 saturated heterocycles. The molecule has 1 atom stereocenters. The molecule has 2 heterocycles. The van der Waals surface area contributed by atoms with E-state index >= 15 is 0 Å². The molecule has 0 aliphatic carbocycles. The number of hydrogen-bond acceptors (Lipinski definition) is 5. The van der Waals surface area contributed by atoms with Crippen LogP contribution in [0.15, 0.2) is 60.1 Å². The second-order valence-corrected chi connectivity index (χ2v) is 7.14. The number of amides is 1. The van der Waals surface area contributed by atoms with Gasteiger partial charge in [0.05, 0.1) is 12.7 Å². The normalized spacial score (nSPS) is 15.5. The number of carbonyl (C=O) groups excluding carboxylic acids is 1. The largest absolute Gasteiger partial charge is 0.497 e. The molecule has 0 bridgehead atoms. The Morgan fingerprint density at radius 1 is 1.17 bits per heavy atom. The molecule has 3 aromatic rings. The molecule has 1 amide bonds. The number of benzene rings is 2. The van der Waals surface area contributed by atoms with Crippen molar-refractivity contribution in [2.75, 3.05) is 17.7 Å². The fraction of sp³-hybridized carbons (Fsp3) is 0.227. The van der Waals surface area contributed by atoms with Crippen molar-refractivity contribution < 1.29 is 9.53 Å². The van der Waals surface area contributed by atoms with Crippen molar-refractivity contribution in [3.8, 4) is 5.75 Å². The van der Waals surface area contributed by atoms with Crippen LogP contribution in [0.5, 0.6) is 5.75 Å². The lowest BCUT2D eigenvalue weighted by atomic mass is 9.94. The number of rotatable bonds is 4. The summed E-state index contributed by atoms with van der Waals surface area (Å²) in [6.45, 7) is 5.89. The lowest BCUT2D eigenvalue weighted by Gasteiger charge is -2.29. The molecular weight excluding hydrogens is 366 g/mol. The van der Waals surface area contributed by atoms with E-state index in [0.29, 0.717) is 11.5 Å². The van der Waals surface area contributed by atoms with Gasteiger partial charge in [-0.3, -0.25) is 4.79 Å². The van der Waals surface area contributed by atoms with Gasteiger partial charge in [0.15, 0.2) is 0 Å². The monoisotopic (exact) mass is 389 g/mol. The van der Waals surface area contributed by atoms with E-state index in [0.717, 1.165) is 33.8 Å². The molecule has 1 aliphatic heterocycles. The molecule has 2 N–H and O–H groups in total. The second kappa shape index (κ2) is 7.43. The number of aryl methyl sites for hydroxylation is 2. The highest BCUT2D eigenvalue weighted by Crippen LogP contribution is 2.36. The van der Waals surface area contributed by atoms with Crippen molar-refractivity contribution >= 4 is 17.5 Å². The summed E-state index contributed by atoms with van der Waals surface area (Å²) in [5, 5.41) is 10.6. The third-order valence-electron chi connectivity index (χ3n) is 5.08. The van der Waals surface area contributed by atoms with Crippen LogP contribution in [0.25, 0.3) is 0 Å². The molecule has 148 valence electrons. The first-order valence-corrected chi connectivity index (χ1v) is 9.38. The highest BCUT2D eigenvalue weighted by atomic mass is 16.5. The number of ether oxygens (including phenoxy) is 1. The molecule has 0 saturated carbocycles. The summed E-state index contributed by atoms with van der Waals surface area (Å²) < 4.78 is 7.10. The molecule has 29 heavy (non-hydrogen) atoms. The van der Waals surface area contributed by atoms with Crippen molar-refractivity contribution in [1.82, 2.24) is 14.8 Å². The molecule has 4 rings (SSSR count). The minimum absolute atomic E-state index is 0.184. The molecular formula is C22H23N5O2. The second-order valence-electron chi connectivity index (χ2n) is 7.14. The first-order valence-electron chi connectivity index (χ1n) is 9.38. The van der Waals surface area contributed by atoms with Gasteiger partial charge in [-0.05, 0) is 50.1 Å². The zero-order valence-corrected chi connectivity index (χ0v) is 16.9. The van der Waals surface area contributed by atoms with E-state index in [-0.39, 0.29) is 5.91 Å². The Hall–Kier alpha value is -3.61. The zero-order valence-electron chi connectivity index (χ0n) is 16.9. The van der Waals surface area contributed by atoms with Crippen molar-refractivity contribution in [2.24, 2.45) is 0 Å². The van der Waals surface area contributed by atoms with Crippen LogP contribution in [0, 0.1) is 13.8 Å². The Balaban J connectivity index is 1.77. The molecule has 0 spiro atoms. The summed E-state index contributed by atoms with van der Waals surface area (Å²) in [6.07, 6.45) is 1.48. The average Bonchev–Trinajstić information content (AvgIpc) is 3.17. The summed E-state index contributed by atoms with van der Waals surface area (Å²) in [5.41, 5.74) is 5.16. The SMILES string of the molecule is COc1cccc([C@@H]2C(C(=O)Nc3ccc(C)cc3C)=C(C)Nc3ncnn32)c1. The van der Waals surface area contributed by atoms with Gasteiger partial charge in [0.25, 0.3) is 5.91 Å². The fourth-order valence-electron chi connectivity index (χ4n) is 3.65. The molecule has 0 radical (unpaired) electrons. The zero-order chi connectivity index (χ0) is 20.5. The predicted molar refractivity (Wildman–Crippen MR) is 112 cm³/mol. The van der Waals surface area contributed by atoms with Crippen LogP contribution < -0.4 is 15.4 Å². The van der Waals surface area contributed by atoms with E-state index in [1.807, 2.05) is 63.2 Å². The van der Waals surface area contributed by atoms with Crippen molar-refractivity contribution in [3.05, 3.63) is 76.8 Å². The molecule has 1 aliphatic rings. The number of nitrogens with one attached hydrogen (secondary N) is 2. The van der Waals surface area contributed by atoms with E-state index in [2.05, 4.69) is 20.7 Å². The van der Waals surface area contributed by atoms with Gasteiger partial charge in [-0.2, -0.15) is 10.1 Å². The van der Waals surface area contributed by atoms with Gasteiger partial charge >= 0.3 is 0 Å². The van der Waals surface area contributed by atoms with Gasteiger partial charge < -0.3 is 15.4 Å². The fourth-order valence-corrected chi connectivity index (χ4v) is 3.65. The number of fused-ring (bicyclic) bond motifs is 1. The molecule has 0 fully saturated rings. The van der Waals surface area contributed by atoms with Gasteiger partial charge in [-0.15, -0.1) is 0 Å². The molecule has 0 unspecified atom stereocenters. The Bertz CT molecular complexity index is 1120. The number of allylic oxidation sites excluding steroid dienone is 1. The minimum atomic E-state index is -0.422. The van der Waals surface area contributed by atoms with E-state index < -0.39 is 6.04 Å². The summed E-state index contributed by atoms with van der Waals surface area (Å²) in [5.74, 6) is 1.13. The summed E-state index contributed by atoms with van der Waals surface area (Å²) in [4.78, 5) is 17.7. The Labute approximate surface area is 169 Å². The first kappa shape index (κ1) is 18.7. The van der Waals surface area contributed by atoms with E-state index in [1.165, 1.54) is 6.33 Å². The summed E-state index contributed by atoms with van der Waals surface area (Å²) in [7, 11) is 1.62. The van der Waals surface area contributed by atoms with Crippen LogP contribution in [0.4, 0.5) is 11.6 Å². The van der Waals surface area contributed by atoms with Crippen LogP contribution in [0.1, 0.15) is 29.7 Å². The van der Waals surface area contributed by atoms with E-state index in [9.17, 15) is 4.79 Å². The first-order chi connectivity index (χ1) is 14.0. The number of anilines is 2. The number of nitrogens with zero attached hydrogens (tertiary/aromatic N) is 3. The maximum absolute atomic E-state index is 13.4. The van der Waals surface area contributed by atoms with E-state index in [4.69, 9.17) is 4.74 Å². The minimum Gasteiger partial charge on any atom is -0.497 e. The van der Waals surface area contributed by atoms with Crippen LogP contribution in [-0.2, 0) is 4.79 Å². The van der Waals surface area contributed by atoms with E-state index in [1.54, 1.807) is 11.8 Å². The van der Waals surface area contributed by atoms with Crippen LogP contribution in [0.3, 0.4) is 0 Å². The Morgan fingerprint density at radius 3 is 2.76 bits per heavy atom. The Kier molecular flexibility index (Phi) is 4.80. The quantitative estimate of drug-likeness (QED) is 0.709. The maximum atomic E-state index is 13.4. The third-order valence-corrected chi connectivity index (χ3v) is 5.08. The lowest BCUT2D eigenvalue weighted by molar-refractivity contribution is -0.113. The Morgan fingerprint density at radius 2 is 2.00 bits per heavy atom. The summed E-state index contributed by atoms with van der Waals surface area (Å²) >= 11 is 0. The molecule has 7 heteroatoms. The number of methoxy groups -OCH3 is 1. The summed E-state index contributed by atoms with van der Waals surface area (Å²) in [6, 6.07) is 13.2. The van der Waals surface area contributed by atoms with Crippen LogP contribution in [0.2, 0.25) is 0 Å². The standard InChI is InChI=1S/C22H23N5O2/c1-13-8-9-18(14(2)10-13)26-21(28)19-15(3)25-22-23-12-24-27(22)20(19)16-6-5-7-17(11-16)29-4/h5-12,20H,1-4H3,(H,26,28)(H,23,24,25)/t20-/m1/s1. The van der Waals surface area contributed by atoms with Crippen molar-refractivity contribution in [2.45, 2.75) is 26.8 Å². The van der Waals surface area contributed by atoms with Gasteiger partial charge in [-0.1, -0.05) is 29.8 Å². The van der Waals surface area contributed by atoms with Crippen molar-refractivity contribution in [1.29, 1.82) is 0 Å². The number of hydrogen-bond donors (Lipinski definition) is 2. The van der Waals surface area contributed by atoms with Gasteiger partial charge in [0.1, 0.15) is 18.1 Å². The van der Waals surface area contributed by atoms with Crippen LogP contribution in [-0.4, -0.2) is 27.8 Å². The maximum Gasteiger partial charge on any atom is 0.255 e. The topological polar surface area (TPSA) is 81.1 Å². The smallest absolute Gasteiger partial charge is 0.255 e.